The summed E-state index contributed by atoms with van der Waals surface area (Å²) in [4.78, 5) is 0. The molecular formula is C12H21N3. The molecule has 3 heteroatoms. The summed E-state index contributed by atoms with van der Waals surface area (Å²) in [6.45, 7) is 6.62. The molecule has 1 aliphatic heterocycles. The first-order chi connectivity index (χ1) is 7.22. The lowest BCUT2D eigenvalue weighted by Crippen LogP contribution is -2.14. The van der Waals surface area contributed by atoms with E-state index >= 15 is 0 Å². The second-order valence-electron chi connectivity index (χ2n) is 4.65. The van der Waals surface area contributed by atoms with E-state index in [1.165, 1.54) is 25.1 Å². The van der Waals surface area contributed by atoms with Crippen LogP contribution in [0.15, 0.2) is 6.07 Å². The molecule has 0 bridgehead atoms. The van der Waals surface area contributed by atoms with Crippen LogP contribution in [0.3, 0.4) is 0 Å². The third-order valence-corrected chi connectivity index (χ3v) is 3.42. The van der Waals surface area contributed by atoms with Gasteiger partial charge in [-0.1, -0.05) is 13.3 Å². The van der Waals surface area contributed by atoms with Crippen LogP contribution in [-0.2, 0) is 7.05 Å². The summed E-state index contributed by atoms with van der Waals surface area (Å²) in [5.74, 6) is 1.46. The van der Waals surface area contributed by atoms with Crippen molar-refractivity contribution >= 4 is 0 Å². The fourth-order valence-electron chi connectivity index (χ4n) is 2.73. The molecule has 0 unspecified atom stereocenters. The van der Waals surface area contributed by atoms with Crippen molar-refractivity contribution in [2.45, 2.75) is 32.6 Å². The van der Waals surface area contributed by atoms with E-state index in [-0.39, 0.29) is 0 Å². The quantitative estimate of drug-likeness (QED) is 0.819. The van der Waals surface area contributed by atoms with Crippen molar-refractivity contribution in [1.82, 2.24) is 15.1 Å². The van der Waals surface area contributed by atoms with Gasteiger partial charge in [0.25, 0.3) is 0 Å². The van der Waals surface area contributed by atoms with Crippen molar-refractivity contribution in [1.29, 1.82) is 0 Å². The average Bonchev–Trinajstić information content (AvgIpc) is 2.73. The molecule has 1 fully saturated rings. The molecule has 0 spiro atoms. The normalized spacial score (nSPS) is 26.1. The molecule has 0 aromatic carbocycles. The highest BCUT2D eigenvalue weighted by atomic mass is 15.3. The number of aryl methyl sites for hydroxylation is 2. The molecule has 0 radical (unpaired) electrons. The van der Waals surface area contributed by atoms with Crippen molar-refractivity contribution in [3.05, 3.63) is 17.5 Å². The van der Waals surface area contributed by atoms with E-state index in [1.54, 1.807) is 0 Å². The van der Waals surface area contributed by atoms with E-state index < -0.39 is 0 Å². The van der Waals surface area contributed by atoms with Gasteiger partial charge in [0.05, 0.1) is 5.69 Å². The number of hydrogen-bond acceptors (Lipinski definition) is 2. The minimum atomic E-state index is 0.663. The lowest BCUT2D eigenvalue weighted by molar-refractivity contribution is 0.453. The van der Waals surface area contributed by atoms with Gasteiger partial charge in [0.2, 0.25) is 0 Å². The Hall–Kier alpha value is -0.830. The third kappa shape index (κ3) is 2.07. The molecule has 15 heavy (non-hydrogen) atoms. The fraction of sp³-hybridized carbons (Fsp3) is 0.750. The first kappa shape index (κ1) is 10.7. The van der Waals surface area contributed by atoms with E-state index in [0.29, 0.717) is 5.92 Å². The van der Waals surface area contributed by atoms with Gasteiger partial charge in [-0.2, -0.15) is 5.10 Å². The molecule has 2 rings (SSSR count). The van der Waals surface area contributed by atoms with Crippen LogP contribution in [0, 0.1) is 12.8 Å². The molecule has 2 atom stereocenters. The molecule has 1 aliphatic rings. The second kappa shape index (κ2) is 4.35. The Labute approximate surface area is 91.9 Å². The lowest BCUT2D eigenvalue weighted by atomic mass is 9.89. The Bertz CT molecular complexity index is 330. The number of hydrogen-bond donors (Lipinski definition) is 1. The zero-order valence-electron chi connectivity index (χ0n) is 9.95. The van der Waals surface area contributed by atoms with E-state index in [9.17, 15) is 0 Å². The van der Waals surface area contributed by atoms with Gasteiger partial charge < -0.3 is 5.32 Å². The molecule has 1 saturated heterocycles. The lowest BCUT2D eigenvalue weighted by Gasteiger charge is -2.17. The Morgan fingerprint density at radius 3 is 2.93 bits per heavy atom. The summed E-state index contributed by atoms with van der Waals surface area (Å²) in [6, 6.07) is 2.24. The van der Waals surface area contributed by atoms with Crippen LogP contribution >= 0.6 is 0 Å². The van der Waals surface area contributed by atoms with Gasteiger partial charge in [-0.05, 0) is 31.9 Å². The summed E-state index contributed by atoms with van der Waals surface area (Å²) in [7, 11) is 2.06. The number of nitrogens with one attached hydrogen (secondary N) is 1. The van der Waals surface area contributed by atoms with E-state index in [4.69, 9.17) is 0 Å². The summed E-state index contributed by atoms with van der Waals surface area (Å²) < 4.78 is 2.05. The van der Waals surface area contributed by atoms with Gasteiger partial charge in [-0.3, -0.25) is 4.68 Å². The maximum atomic E-state index is 4.44. The first-order valence-corrected chi connectivity index (χ1v) is 5.93. The van der Waals surface area contributed by atoms with Crippen LogP contribution in [-0.4, -0.2) is 22.9 Å². The van der Waals surface area contributed by atoms with Crippen LogP contribution in [0.2, 0.25) is 0 Å². The van der Waals surface area contributed by atoms with Crippen molar-refractivity contribution in [2.75, 3.05) is 13.1 Å². The number of nitrogens with zero attached hydrogens (tertiary/aromatic N) is 2. The molecule has 0 aliphatic carbocycles. The predicted molar refractivity (Wildman–Crippen MR) is 62.0 cm³/mol. The van der Waals surface area contributed by atoms with Gasteiger partial charge in [0, 0.05) is 25.2 Å². The molecule has 0 saturated carbocycles. The van der Waals surface area contributed by atoms with Crippen molar-refractivity contribution in [2.24, 2.45) is 13.0 Å². The summed E-state index contributed by atoms with van der Waals surface area (Å²) >= 11 is 0. The standard InChI is InChI=1S/C12H21N3/c1-4-5-10-7-13-8-11(10)12-6-9(2)14-15(12)3/h6,10-11,13H,4-5,7-8H2,1-3H3/t10-,11+/m1/s1. The monoisotopic (exact) mass is 207 g/mol. The van der Waals surface area contributed by atoms with Crippen molar-refractivity contribution < 1.29 is 0 Å². The molecule has 1 aromatic heterocycles. The second-order valence-corrected chi connectivity index (χ2v) is 4.65. The predicted octanol–water partition coefficient (Wildman–Crippen LogP) is 1.83. The maximum absolute atomic E-state index is 4.44. The Balaban J connectivity index is 2.18. The fourth-order valence-corrected chi connectivity index (χ4v) is 2.73. The molecular weight excluding hydrogens is 186 g/mol. The Morgan fingerprint density at radius 1 is 1.53 bits per heavy atom. The third-order valence-electron chi connectivity index (χ3n) is 3.42. The highest BCUT2D eigenvalue weighted by Gasteiger charge is 2.29. The topological polar surface area (TPSA) is 29.9 Å². The van der Waals surface area contributed by atoms with Crippen LogP contribution in [0.1, 0.15) is 37.1 Å². The van der Waals surface area contributed by atoms with Gasteiger partial charge in [-0.15, -0.1) is 0 Å². The van der Waals surface area contributed by atoms with E-state index in [1.807, 2.05) is 0 Å². The minimum Gasteiger partial charge on any atom is -0.316 e. The highest BCUT2D eigenvalue weighted by Crippen LogP contribution is 2.31. The molecule has 3 nitrogen and oxygen atoms in total. The SMILES string of the molecule is CCC[C@@H]1CNC[C@@H]1c1cc(C)nn1C. The minimum absolute atomic E-state index is 0.663. The van der Waals surface area contributed by atoms with Crippen LogP contribution in [0.5, 0.6) is 0 Å². The maximum Gasteiger partial charge on any atom is 0.0596 e. The van der Waals surface area contributed by atoms with E-state index in [0.717, 1.165) is 18.2 Å². The van der Waals surface area contributed by atoms with Gasteiger partial charge in [0.15, 0.2) is 0 Å². The average molecular weight is 207 g/mol. The number of rotatable bonds is 3. The van der Waals surface area contributed by atoms with Crippen molar-refractivity contribution in [3.63, 3.8) is 0 Å². The molecule has 84 valence electrons. The van der Waals surface area contributed by atoms with Gasteiger partial charge >= 0.3 is 0 Å². The largest absolute Gasteiger partial charge is 0.316 e. The zero-order valence-corrected chi connectivity index (χ0v) is 9.95. The molecule has 1 N–H and O–H groups in total. The van der Waals surface area contributed by atoms with E-state index in [2.05, 4.69) is 42.1 Å². The Morgan fingerprint density at radius 2 is 2.33 bits per heavy atom. The summed E-state index contributed by atoms with van der Waals surface area (Å²) in [6.07, 6.45) is 2.60. The smallest absolute Gasteiger partial charge is 0.0596 e. The first-order valence-electron chi connectivity index (χ1n) is 5.93. The van der Waals surface area contributed by atoms with Crippen molar-refractivity contribution in [3.8, 4) is 0 Å². The molecule has 1 aromatic rings. The Kier molecular flexibility index (Phi) is 3.10. The zero-order chi connectivity index (χ0) is 10.8. The highest BCUT2D eigenvalue weighted by molar-refractivity contribution is 5.17. The van der Waals surface area contributed by atoms with Crippen LogP contribution in [0.25, 0.3) is 0 Å². The van der Waals surface area contributed by atoms with Gasteiger partial charge in [0.1, 0.15) is 0 Å². The van der Waals surface area contributed by atoms with Gasteiger partial charge in [-0.25, -0.2) is 0 Å². The molecule has 0 amide bonds. The summed E-state index contributed by atoms with van der Waals surface area (Å²) in [5, 5.41) is 7.94. The number of aromatic nitrogens is 2. The molecule has 2 heterocycles. The van der Waals surface area contributed by atoms with Crippen LogP contribution < -0.4 is 5.32 Å². The van der Waals surface area contributed by atoms with Crippen LogP contribution in [0.4, 0.5) is 0 Å². The summed E-state index contributed by atoms with van der Waals surface area (Å²) in [5.41, 5.74) is 2.53.